The molecule has 0 radical (unpaired) electrons. The summed E-state index contributed by atoms with van der Waals surface area (Å²) in [5.41, 5.74) is 6.16. The van der Waals surface area contributed by atoms with Crippen LogP contribution in [-0.4, -0.2) is 39.3 Å². The van der Waals surface area contributed by atoms with Crippen LogP contribution in [0.2, 0.25) is 0 Å². The lowest BCUT2D eigenvalue weighted by Gasteiger charge is -2.15. The third-order valence-electron chi connectivity index (χ3n) is 3.55. The Morgan fingerprint density at radius 2 is 2.09 bits per heavy atom. The van der Waals surface area contributed by atoms with E-state index in [4.69, 9.17) is 5.73 Å². The number of carbonyl (C=O) groups excluding carboxylic acids is 2. The van der Waals surface area contributed by atoms with E-state index in [1.54, 1.807) is 4.90 Å². The van der Waals surface area contributed by atoms with Crippen LogP contribution in [0.4, 0.5) is 9.93 Å². The fraction of sp³-hybridized carbons (Fsp3) is 0.286. The predicted octanol–water partition coefficient (Wildman–Crippen LogP) is 1.54. The van der Waals surface area contributed by atoms with Gasteiger partial charge in [0.25, 0.3) is 0 Å². The van der Waals surface area contributed by atoms with Crippen molar-refractivity contribution in [2.45, 2.75) is 6.42 Å². The molecule has 1 aliphatic rings. The molecule has 3 rings (SSSR count). The summed E-state index contributed by atoms with van der Waals surface area (Å²) in [6.45, 7) is 0.870. The van der Waals surface area contributed by atoms with E-state index in [9.17, 15) is 9.59 Å². The van der Waals surface area contributed by atoms with Gasteiger partial charge in [-0.25, -0.2) is 4.79 Å². The van der Waals surface area contributed by atoms with Crippen LogP contribution in [0.3, 0.4) is 0 Å². The van der Waals surface area contributed by atoms with E-state index < -0.39 is 0 Å². The first-order valence-electron chi connectivity index (χ1n) is 6.88. The van der Waals surface area contributed by atoms with E-state index in [2.05, 4.69) is 14.7 Å². The van der Waals surface area contributed by atoms with Gasteiger partial charge in [0, 0.05) is 30.2 Å². The Labute approximate surface area is 131 Å². The van der Waals surface area contributed by atoms with Crippen LogP contribution in [0, 0.1) is 5.92 Å². The minimum absolute atomic E-state index is 0.264. The molecule has 2 heterocycles. The third kappa shape index (κ3) is 3.06. The van der Waals surface area contributed by atoms with Crippen molar-refractivity contribution >= 4 is 28.6 Å². The van der Waals surface area contributed by atoms with Gasteiger partial charge in [-0.1, -0.05) is 30.3 Å². The second-order valence-electron chi connectivity index (χ2n) is 5.05. The van der Waals surface area contributed by atoms with Gasteiger partial charge in [0.15, 0.2) is 5.82 Å². The summed E-state index contributed by atoms with van der Waals surface area (Å²) in [5.74, 6) is -0.0463. The number of nitrogens with two attached hydrogens (primary N) is 1. The molecule has 0 aliphatic carbocycles. The Morgan fingerprint density at radius 3 is 2.77 bits per heavy atom. The maximum absolute atomic E-state index is 12.1. The van der Waals surface area contributed by atoms with Gasteiger partial charge < -0.3 is 10.6 Å². The van der Waals surface area contributed by atoms with Crippen molar-refractivity contribution in [3.63, 3.8) is 0 Å². The first-order valence-corrected chi connectivity index (χ1v) is 7.65. The molecule has 3 N–H and O–H groups in total. The third-order valence-corrected chi connectivity index (χ3v) is 4.18. The Morgan fingerprint density at radius 1 is 1.32 bits per heavy atom. The van der Waals surface area contributed by atoms with Gasteiger partial charge >= 0.3 is 6.03 Å². The number of rotatable bonds is 3. The van der Waals surface area contributed by atoms with Gasteiger partial charge in [-0.05, 0) is 6.42 Å². The summed E-state index contributed by atoms with van der Waals surface area (Å²) in [6.07, 6.45) is 0.605. The molecule has 22 heavy (non-hydrogen) atoms. The number of hydrogen-bond donors (Lipinski definition) is 2. The second kappa shape index (κ2) is 6.10. The summed E-state index contributed by atoms with van der Waals surface area (Å²) in [4.78, 5) is 29.1. The quantitative estimate of drug-likeness (QED) is 0.896. The van der Waals surface area contributed by atoms with Crippen molar-refractivity contribution in [1.29, 1.82) is 0 Å². The molecule has 8 heteroatoms. The Balaban J connectivity index is 1.63. The zero-order chi connectivity index (χ0) is 15.5. The molecule has 3 amide bonds. The number of nitrogens with one attached hydrogen (secondary N) is 1. The van der Waals surface area contributed by atoms with Crippen LogP contribution < -0.4 is 11.1 Å². The smallest absolute Gasteiger partial charge is 0.323 e. The average molecular weight is 317 g/mol. The number of anilines is 1. The van der Waals surface area contributed by atoms with Crippen LogP contribution in [0.15, 0.2) is 30.3 Å². The monoisotopic (exact) mass is 317 g/mol. The number of aromatic nitrogens is 2. The highest BCUT2D eigenvalue weighted by Gasteiger charge is 2.30. The zero-order valence-corrected chi connectivity index (χ0v) is 12.5. The minimum atomic E-state index is -0.363. The average Bonchev–Trinajstić information content (AvgIpc) is 3.17. The van der Waals surface area contributed by atoms with Crippen molar-refractivity contribution in [2.75, 3.05) is 18.4 Å². The van der Waals surface area contributed by atoms with Gasteiger partial charge in [-0.2, -0.15) is 9.36 Å². The maximum Gasteiger partial charge on any atom is 0.323 e. The molecule has 7 nitrogen and oxygen atoms in total. The molecular weight excluding hydrogens is 302 g/mol. The number of amides is 3. The van der Waals surface area contributed by atoms with Crippen molar-refractivity contribution in [3.05, 3.63) is 30.3 Å². The SMILES string of the molecule is NC(=O)[C@H]1CCN(C(=O)Nc2nc(-c3ccccc3)ns2)C1. The molecule has 0 spiro atoms. The van der Waals surface area contributed by atoms with Crippen molar-refractivity contribution in [1.82, 2.24) is 14.3 Å². The largest absolute Gasteiger partial charge is 0.369 e. The molecule has 2 aromatic rings. The Bertz CT molecular complexity index is 688. The van der Waals surface area contributed by atoms with Crippen molar-refractivity contribution < 1.29 is 9.59 Å². The lowest BCUT2D eigenvalue weighted by molar-refractivity contribution is -0.121. The van der Waals surface area contributed by atoms with Gasteiger partial charge in [0.2, 0.25) is 11.0 Å². The highest BCUT2D eigenvalue weighted by atomic mass is 32.1. The molecule has 1 aromatic heterocycles. The number of urea groups is 1. The molecule has 0 saturated carbocycles. The van der Waals surface area contributed by atoms with Crippen LogP contribution >= 0.6 is 11.5 Å². The molecule has 1 aliphatic heterocycles. The highest BCUT2D eigenvalue weighted by molar-refractivity contribution is 7.10. The normalized spacial score (nSPS) is 17.5. The van der Waals surface area contributed by atoms with E-state index >= 15 is 0 Å². The number of benzene rings is 1. The molecule has 0 bridgehead atoms. The van der Waals surface area contributed by atoms with E-state index in [0.29, 0.717) is 30.5 Å². The number of likely N-dealkylation sites (tertiary alicyclic amines) is 1. The summed E-state index contributed by atoms with van der Waals surface area (Å²) in [7, 11) is 0. The first kappa shape index (κ1) is 14.5. The van der Waals surface area contributed by atoms with Gasteiger partial charge in [-0.3, -0.25) is 10.1 Å². The lowest BCUT2D eigenvalue weighted by Crippen LogP contribution is -2.34. The fourth-order valence-corrected chi connectivity index (χ4v) is 2.91. The summed E-state index contributed by atoms with van der Waals surface area (Å²) >= 11 is 1.13. The Hall–Kier alpha value is -2.48. The molecule has 0 unspecified atom stereocenters. The van der Waals surface area contributed by atoms with Crippen molar-refractivity contribution in [3.8, 4) is 11.4 Å². The fourth-order valence-electron chi connectivity index (χ4n) is 2.33. The summed E-state index contributed by atoms with van der Waals surface area (Å²) in [6, 6.07) is 9.27. The van der Waals surface area contributed by atoms with E-state index in [0.717, 1.165) is 17.1 Å². The maximum atomic E-state index is 12.1. The molecule has 1 aromatic carbocycles. The van der Waals surface area contributed by atoms with Crippen LogP contribution in [0.1, 0.15) is 6.42 Å². The van der Waals surface area contributed by atoms with E-state index in [1.807, 2.05) is 30.3 Å². The minimum Gasteiger partial charge on any atom is -0.369 e. The molecule has 1 atom stereocenters. The highest BCUT2D eigenvalue weighted by Crippen LogP contribution is 2.22. The molecular formula is C14H15N5O2S. The summed E-state index contributed by atoms with van der Waals surface area (Å²) in [5, 5.41) is 3.15. The van der Waals surface area contributed by atoms with Gasteiger partial charge in [0.05, 0.1) is 5.92 Å². The Kier molecular flexibility index (Phi) is 4.01. The predicted molar refractivity (Wildman–Crippen MR) is 83.2 cm³/mol. The van der Waals surface area contributed by atoms with Crippen LogP contribution in [-0.2, 0) is 4.79 Å². The van der Waals surface area contributed by atoms with E-state index in [-0.39, 0.29) is 17.9 Å². The molecule has 114 valence electrons. The van der Waals surface area contributed by atoms with Crippen LogP contribution in [0.5, 0.6) is 0 Å². The topological polar surface area (TPSA) is 101 Å². The second-order valence-corrected chi connectivity index (χ2v) is 5.81. The number of primary amides is 1. The number of nitrogens with zero attached hydrogens (tertiary/aromatic N) is 3. The van der Waals surface area contributed by atoms with E-state index in [1.165, 1.54) is 0 Å². The standard InChI is InChI=1S/C14H15N5O2S/c15-11(20)10-6-7-19(8-10)14(21)17-13-16-12(18-22-13)9-4-2-1-3-5-9/h1-5,10H,6-8H2,(H2,15,20)(H,16,17,18,21)/t10-/m0/s1. The zero-order valence-electron chi connectivity index (χ0n) is 11.7. The van der Waals surface area contributed by atoms with Crippen LogP contribution in [0.25, 0.3) is 11.4 Å². The first-order chi connectivity index (χ1) is 10.6. The molecule has 1 saturated heterocycles. The lowest BCUT2D eigenvalue weighted by atomic mass is 10.1. The van der Waals surface area contributed by atoms with Crippen molar-refractivity contribution in [2.24, 2.45) is 11.7 Å². The van der Waals surface area contributed by atoms with Gasteiger partial charge in [0.1, 0.15) is 0 Å². The summed E-state index contributed by atoms with van der Waals surface area (Å²) < 4.78 is 4.23. The molecule has 1 fully saturated rings. The number of carbonyl (C=O) groups is 2. The number of hydrogen-bond acceptors (Lipinski definition) is 5. The van der Waals surface area contributed by atoms with Gasteiger partial charge in [-0.15, -0.1) is 0 Å².